The van der Waals surface area contributed by atoms with Crippen LogP contribution < -0.4 is 5.32 Å². The fourth-order valence-electron chi connectivity index (χ4n) is 2.62. The van der Waals surface area contributed by atoms with E-state index in [0.717, 1.165) is 0 Å². The van der Waals surface area contributed by atoms with Crippen molar-refractivity contribution >= 4 is 23.4 Å². The minimum absolute atomic E-state index is 0.00910. The van der Waals surface area contributed by atoms with Gasteiger partial charge in [0.25, 0.3) is 0 Å². The lowest BCUT2D eigenvalue weighted by Crippen LogP contribution is -2.65. The summed E-state index contributed by atoms with van der Waals surface area (Å²) < 4.78 is 13.5. The summed E-state index contributed by atoms with van der Waals surface area (Å²) in [4.78, 5) is 25.9. The van der Waals surface area contributed by atoms with E-state index in [-0.39, 0.29) is 29.9 Å². The van der Waals surface area contributed by atoms with E-state index in [2.05, 4.69) is 5.32 Å². The molecule has 21 heavy (non-hydrogen) atoms. The van der Waals surface area contributed by atoms with Crippen molar-refractivity contribution < 1.29 is 14.0 Å². The van der Waals surface area contributed by atoms with E-state index in [0.29, 0.717) is 18.4 Å². The monoisotopic (exact) mass is 312 g/mol. The molecule has 1 saturated heterocycles. The Balaban J connectivity index is 2.24. The van der Waals surface area contributed by atoms with Gasteiger partial charge in [0.2, 0.25) is 11.8 Å². The minimum Gasteiger partial charge on any atom is -0.340 e. The number of carbonyl (C=O) groups is 2. The Hall–Kier alpha value is -1.62. The fraction of sp³-hybridized carbons (Fsp3) is 0.467. The second-order valence-corrected chi connectivity index (χ2v) is 5.65. The third-order valence-corrected chi connectivity index (χ3v) is 4.28. The molecule has 0 spiro atoms. The first-order chi connectivity index (χ1) is 9.91. The average molecular weight is 313 g/mol. The van der Waals surface area contributed by atoms with Crippen LogP contribution >= 0.6 is 11.6 Å². The molecule has 1 aliphatic heterocycles. The lowest BCUT2D eigenvalue weighted by atomic mass is 9.88. The molecule has 1 heterocycles. The minimum atomic E-state index is -0.847. The summed E-state index contributed by atoms with van der Waals surface area (Å²) in [7, 11) is 0. The van der Waals surface area contributed by atoms with Crippen molar-refractivity contribution in [2.75, 3.05) is 6.54 Å². The highest BCUT2D eigenvalue weighted by atomic mass is 35.5. The van der Waals surface area contributed by atoms with Gasteiger partial charge in [-0.05, 0) is 30.5 Å². The number of rotatable bonds is 4. The van der Waals surface area contributed by atoms with Gasteiger partial charge in [0.15, 0.2) is 0 Å². The van der Waals surface area contributed by atoms with Crippen LogP contribution in [0.5, 0.6) is 0 Å². The summed E-state index contributed by atoms with van der Waals surface area (Å²) in [5.41, 5.74) is -0.235. The Labute approximate surface area is 128 Å². The first kappa shape index (κ1) is 15.8. The SMILES string of the molecule is CCC1(CC)NC(=O)CN(Cc2ccc(Cl)c(F)c2)C1=O. The molecule has 0 aromatic heterocycles. The zero-order chi connectivity index (χ0) is 15.6. The number of amides is 2. The van der Waals surface area contributed by atoms with E-state index in [1.807, 2.05) is 13.8 Å². The molecule has 1 aromatic rings. The molecule has 0 radical (unpaired) electrons. The molecule has 2 rings (SSSR count). The second kappa shape index (κ2) is 6.02. The van der Waals surface area contributed by atoms with E-state index < -0.39 is 11.4 Å². The number of nitrogens with one attached hydrogen (secondary N) is 1. The Morgan fingerprint density at radius 3 is 2.57 bits per heavy atom. The van der Waals surface area contributed by atoms with E-state index in [4.69, 9.17) is 11.6 Å². The summed E-state index contributed by atoms with van der Waals surface area (Å²) in [5, 5.41) is 2.83. The van der Waals surface area contributed by atoms with Crippen molar-refractivity contribution in [2.24, 2.45) is 0 Å². The van der Waals surface area contributed by atoms with Gasteiger partial charge in [0.05, 0.1) is 11.6 Å². The zero-order valence-electron chi connectivity index (χ0n) is 12.1. The Morgan fingerprint density at radius 2 is 2.00 bits per heavy atom. The maximum Gasteiger partial charge on any atom is 0.249 e. The van der Waals surface area contributed by atoms with Crippen molar-refractivity contribution in [3.8, 4) is 0 Å². The van der Waals surface area contributed by atoms with Crippen LogP contribution in [0.1, 0.15) is 32.3 Å². The van der Waals surface area contributed by atoms with E-state index in [1.54, 1.807) is 6.07 Å². The molecule has 0 unspecified atom stereocenters. The maximum atomic E-state index is 13.5. The van der Waals surface area contributed by atoms with Crippen LogP contribution in [0.25, 0.3) is 0 Å². The molecule has 0 saturated carbocycles. The molecule has 0 atom stereocenters. The highest BCUT2D eigenvalue weighted by Gasteiger charge is 2.43. The molecule has 0 bridgehead atoms. The fourth-order valence-corrected chi connectivity index (χ4v) is 2.74. The molecule has 0 aliphatic carbocycles. The predicted molar refractivity (Wildman–Crippen MR) is 78.3 cm³/mol. The van der Waals surface area contributed by atoms with Crippen LogP contribution in [-0.4, -0.2) is 28.8 Å². The molecule has 2 amide bonds. The van der Waals surface area contributed by atoms with Crippen molar-refractivity contribution in [1.82, 2.24) is 10.2 Å². The number of halogens is 2. The van der Waals surface area contributed by atoms with Gasteiger partial charge >= 0.3 is 0 Å². The molecule has 114 valence electrons. The number of carbonyl (C=O) groups excluding carboxylic acids is 2. The van der Waals surface area contributed by atoms with E-state index in [9.17, 15) is 14.0 Å². The summed E-state index contributed by atoms with van der Waals surface area (Å²) in [6.45, 7) is 3.92. The van der Waals surface area contributed by atoms with Crippen LogP contribution in [-0.2, 0) is 16.1 Å². The standard InChI is InChI=1S/C15H18ClFN2O2/c1-3-15(4-2)14(21)19(9-13(20)18-15)8-10-5-6-11(16)12(17)7-10/h5-7H,3-4,8-9H2,1-2H3,(H,18,20). The quantitative estimate of drug-likeness (QED) is 0.928. The molecule has 1 aliphatic rings. The van der Waals surface area contributed by atoms with Crippen LogP contribution in [0.3, 0.4) is 0 Å². The van der Waals surface area contributed by atoms with Gasteiger partial charge in [-0.1, -0.05) is 31.5 Å². The Bertz CT molecular complexity index is 573. The first-order valence-electron chi connectivity index (χ1n) is 6.96. The Kier molecular flexibility index (Phi) is 4.52. The smallest absolute Gasteiger partial charge is 0.249 e. The number of benzene rings is 1. The molecule has 1 N–H and O–H groups in total. The summed E-state index contributed by atoms with van der Waals surface area (Å²) in [6.07, 6.45) is 1.05. The molecular formula is C15H18ClFN2O2. The van der Waals surface area contributed by atoms with Gasteiger partial charge < -0.3 is 10.2 Å². The molecule has 4 nitrogen and oxygen atoms in total. The van der Waals surface area contributed by atoms with Crippen LogP contribution in [0.2, 0.25) is 5.02 Å². The van der Waals surface area contributed by atoms with Crippen molar-refractivity contribution in [3.05, 3.63) is 34.6 Å². The molecule has 1 fully saturated rings. The van der Waals surface area contributed by atoms with Crippen molar-refractivity contribution in [3.63, 3.8) is 0 Å². The highest BCUT2D eigenvalue weighted by Crippen LogP contribution is 2.24. The molecule has 1 aromatic carbocycles. The molecule has 6 heteroatoms. The lowest BCUT2D eigenvalue weighted by Gasteiger charge is -2.41. The van der Waals surface area contributed by atoms with Crippen LogP contribution in [0, 0.1) is 5.82 Å². The number of nitrogens with zero attached hydrogens (tertiary/aromatic N) is 1. The third kappa shape index (κ3) is 3.02. The molecular weight excluding hydrogens is 295 g/mol. The summed E-state index contributed by atoms with van der Waals surface area (Å²) in [6, 6.07) is 4.40. The summed E-state index contributed by atoms with van der Waals surface area (Å²) >= 11 is 5.65. The van der Waals surface area contributed by atoms with E-state index >= 15 is 0 Å². The van der Waals surface area contributed by atoms with Gasteiger partial charge in [-0.3, -0.25) is 9.59 Å². The van der Waals surface area contributed by atoms with Crippen LogP contribution in [0.4, 0.5) is 4.39 Å². The van der Waals surface area contributed by atoms with Gasteiger partial charge in [0, 0.05) is 6.54 Å². The average Bonchev–Trinajstić information content (AvgIpc) is 2.46. The van der Waals surface area contributed by atoms with Crippen LogP contribution in [0.15, 0.2) is 18.2 Å². The number of piperazine rings is 1. The van der Waals surface area contributed by atoms with Gasteiger partial charge in [-0.25, -0.2) is 4.39 Å². The summed E-state index contributed by atoms with van der Waals surface area (Å²) in [5.74, 6) is -0.837. The first-order valence-corrected chi connectivity index (χ1v) is 7.34. The normalized spacial score (nSPS) is 17.8. The number of hydrogen-bond donors (Lipinski definition) is 1. The maximum absolute atomic E-state index is 13.5. The van der Waals surface area contributed by atoms with Crippen molar-refractivity contribution in [1.29, 1.82) is 0 Å². The number of hydrogen-bond acceptors (Lipinski definition) is 2. The van der Waals surface area contributed by atoms with E-state index in [1.165, 1.54) is 17.0 Å². The van der Waals surface area contributed by atoms with Crippen molar-refractivity contribution in [2.45, 2.75) is 38.8 Å². The van der Waals surface area contributed by atoms with Gasteiger partial charge in [-0.15, -0.1) is 0 Å². The lowest BCUT2D eigenvalue weighted by molar-refractivity contribution is -0.151. The largest absolute Gasteiger partial charge is 0.340 e. The highest BCUT2D eigenvalue weighted by molar-refractivity contribution is 6.30. The predicted octanol–water partition coefficient (Wildman–Crippen LogP) is 2.50. The second-order valence-electron chi connectivity index (χ2n) is 5.25. The Morgan fingerprint density at radius 1 is 1.33 bits per heavy atom. The van der Waals surface area contributed by atoms with Gasteiger partial charge in [0.1, 0.15) is 11.4 Å². The zero-order valence-corrected chi connectivity index (χ0v) is 12.8. The third-order valence-electron chi connectivity index (χ3n) is 3.97. The van der Waals surface area contributed by atoms with Gasteiger partial charge in [-0.2, -0.15) is 0 Å². The topological polar surface area (TPSA) is 49.4 Å².